The first-order chi connectivity index (χ1) is 8.49. The summed E-state index contributed by atoms with van der Waals surface area (Å²) in [5.74, 6) is -0.557. The van der Waals surface area contributed by atoms with Crippen LogP contribution in [-0.2, 0) is 10.0 Å². The third-order valence-electron chi connectivity index (χ3n) is 2.07. The Morgan fingerprint density at radius 2 is 2.00 bits per heavy atom. The number of nitrogen functional groups attached to an aromatic ring is 1. The van der Waals surface area contributed by atoms with E-state index in [1.807, 2.05) is 0 Å². The quantitative estimate of drug-likeness (QED) is 0.865. The number of pyridine rings is 2. The average molecular weight is 268 g/mol. The van der Waals surface area contributed by atoms with Gasteiger partial charge in [-0.3, -0.25) is 9.71 Å². The van der Waals surface area contributed by atoms with Crippen molar-refractivity contribution in [1.29, 1.82) is 0 Å². The monoisotopic (exact) mass is 268 g/mol. The summed E-state index contributed by atoms with van der Waals surface area (Å²) in [6.45, 7) is 0. The molecule has 0 aliphatic carbocycles. The van der Waals surface area contributed by atoms with Crippen molar-refractivity contribution >= 4 is 21.5 Å². The SMILES string of the molecule is Nc1ccncc1S(=O)(=O)Nc1ccc(F)cn1. The van der Waals surface area contributed by atoms with Crippen molar-refractivity contribution in [3.63, 3.8) is 0 Å². The van der Waals surface area contributed by atoms with Crippen molar-refractivity contribution in [2.45, 2.75) is 4.90 Å². The zero-order valence-corrected chi connectivity index (χ0v) is 9.86. The van der Waals surface area contributed by atoms with Crippen LogP contribution in [0.5, 0.6) is 0 Å². The molecule has 0 unspecified atom stereocenters. The number of rotatable bonds is 3. The first-order valence-electron chi connectivity index (χ1n) is 4.83. The Morgan fingerprint density at radius 1 is 1.22 bits per heavy atom. The maximum atomic E-state index is 12.6. The van der Waals surface area contributed by atoms with Gasteiger partial charge in [0.1, 0.15) is 16.5 Å². The number of halogens is 1. The second kappa shape index (κ2) is 4.57. The summed E-state index contributed by atoms with van der Waals surface area (Å²) in [6, 6.07) is 3.67. The van der Waals surface area contributed by atoms with Crippen LogP contribution in [-0.4, -0.2) is 18.4 Å². The van der Waals surface area contributed by atoms with Crippen molar-refractivity contribution < 1.29 is 12.8 Å². The Hall–Kier alpha value is -2.22. The molecule has 0 aliphatic heterocycles. The van der Waals surface area contributed by atoms with Crippen LogP contribution in [0.1, 0.15) is 0 Å². The van der Waals surface area contributed by atoms with Gasteiger partial charge in [0.25, 0.3) is 10.0 Å². The smallest absolute Gasteiger partial charge is 0.266 e. The van der Waals surface area contributed by atoms with Crippen LogP contribution in [0.2, 0.25) is 0 Å². The Bertz CT molecular complexity index is 658. The lowest BCUT2D eigenvalue weighted by Gasteiger charge is -2.08. The number of anilines is 2. The fraction of sp³-hybridized carbons (Fsp3) is 0. The third-order valence-corrected chi connectivity index (χ3v) is 3.47. The zero-order chi connectivity index (χ0) is 13.2. The Kier molecular flexibility index (Phi) is 3.11. The van der Waals surface area contributed by atoms with Crippen LogP contribution in [0.15, 0.2) is 41.7 Å². The van der Waals surface area contributed by atoms with Crippen LogP contribution >= 0.6 is 0 Å². The maximum Gasteiger partial charge on any atom is 0.266 e. The molecule has 6 nitrogen and oxygen atoms in total. The number of aromatic nitrogens is 2. The molecule has 94 valence electrons. The van der Waals surface area contributed by atoms with E-state index in [1.54, 1.807) is 0 Å². The van der Waals surface area contributed by atoms with Gasteiger partial charge in [-0.15, -0.1) is 0 Å². The normalized spacial score (nSPS) is 11.2. The first kappa shape index (κ1) is 12.2. The standard InChI is InChI=1S/C10H9FN4O2S/c11-7-1-2-10(14-5-7)15-18(16,17)9-6-13-4-3-8(9)12/h1-6H,(H2,12,13)(H,14,15). The van der Waals surface area contributed by atoms with E-state index < -0.39 is 15.8 Å². The van der Waals surface area contributed by atoms with E-state index in [0.29, 0.717) is 0 Å². The average Bonchev–Trinajstić information content (AvgIpc) is 2.32. The summed E-state index contributed by atoms with van der Waals surface area (Å²) < 4.78 is 38.7. The molecule has 0 atom stereocenters. The number of hydrogen-bond donors (Lipinski definition) is 2. The van der Waals surface area contributed by atoms with E-state index in [9.17, 15) is 12.8 Å². The summed E-state index contributed by atoms with van der Waals surface area (Å²) in [6.07, 6.45) is 3.41. The van der Waals surface area contributed by atoms with Crippen molar-refractivity contribution in [3.05, 3.63) is 42.6 Å². The molecule has 0 bridgehead atoms. The topological polar surface area (TPSA) is 98.0 Å². The highest BCUT2D eigenvalue weighted by atomic mass is 32.2. The van der Waals surface area contributed by atoms with Gasteiger partial charge in [0.15, 0.2) is 0 Å². The molecule has 0 spiro atoms. The van der Waals surface area contributed by atoms with Gasteiger partial charge in [-0.05, 0) is 18.2 Å². The lowest BCUT2D eigenvalue weighted by molar-refractivity contribution is 0.600. The van der Waals surface area contributed by atoms with E-state index in [2.05, 4.69) is 14.7 Å². The zero-order valence-electron chi connectivity index (χ0n) is 9.04. The van der Waals surface area contributed by atoms with Crippen LogP contribution < -0.4 is 10.5 Å². The molecule has 2 aromatic rings. The van der Waals surface area contributed by atoms with Gasteiger partial charge in [-0.25, -0.2) is 17.8 Å². The van der Waals surface area contributed by atoms with Gasteiger partial charge in [0.05, 0.1) is 11.9 Å². The second-order valence-corrected chi connectivity index (χ2v) is 5.03. The summed E-state index contributed by atoms with van der Waals surface area (Å²) >= 11 is 0. The predicted octanol–water partition coefficient (Wildman–Crippen LogP) is 0.999. The van der Waals surface area contributed by atoms with Crippen molar-refractivity contribution in [2.24, 2.45) is 0 Å². The minimum atomic E-state index is -3.88. The molecule has 2 heterocycles. The molecular formula is C10H9FN4O2S. The highest BCUT2D eigenvalue weighted by Crippen LogP contribution is 2.18. The molecule has 0 fully saturated rings. The van der Waals surface area contributed by atoms with E-state index in [0.717, 1.165) is 18.5 Å². The molecule has 0 saturated carbocycles. The van der Waals surface area contributed by atoms with Crippen LogP contribution in [0.4, 0.5) is 15.9 Å². The fourth-order valence-corrected chi connectivity index (χ4v) is 2.33. The minimum absolute atomic E-state index is 0.000321. The summed E-state index contributed by atoms with van der Waals surface area (Å²) in [5.41, 5.74) is 5.61. The van der Waals surface area contributed by atoms with Crippen molar-refractivity contribution in [3.8, 4) is 0 Å². The highest BCUT2D eigenvalue weighted by Gasteiger charge is 2.18. The molecular weight excluding hydrogens is 259 g/mol. The number of sulfonamides is 1. The first-order valence-corrected chi connectivity index (χ1v) is 6.31. The minimum Gasteiger partial charge on any atom is -0.398 e. The number of nitrogens with one attached hydrogen (secondary N) is 1. The number of nitrogens with two attached hydrogens (primary N) is 1. The van der Waals surface area contributed by atoms with Gasteiger partial charge in [0, 0.05) is 12.4 Å². The van der Waals surface area contributed by atoms with Crippen molar-refractivity contribution in [1.82, 2.24) is 9.97 Å². The third kappa shape index (κ3) is 2.54. The highest BCUT2D eigenvalue weighted by molar-refractivity contribution is 7.92. The molecule has 0 aromatic carbocycles. The van der Waals surface area contributed by atoms with Gasteiger partial charge in [-0.2, -0.15) is 0 Å². The van der Waals surface area contributed by atoms with Gasteiger partial charge in [0.2, 0.25) is 0 Å². The lowest BCUT2D eigenvalue weighted by Crippen LogP contribution is -2.15. The van der Waals surface area contributed by atoms with E-state index in [-0.39, 0.29) is 16.4 Å². The predicted molar refractivity (Wildman–Crippen MR) is 63.7 cm³/mol. The van der Waals surface area contributed by atoms with Crippen LogP contribution in [0.25, 0.3) is 0 Å². The molecule has 0 aliphatic rings. The molecule has 8 heteroatoms. The summed E-state index contributed by atoms with van der Waals surface area (Å²) in [4.78, 5) is 7.12. The Balaban J connectivity index is 2.33. The summed E-state index contributed by atoms with van der Waals surface area (Å²) in [5, 5.41) is 0. The van der Waals surface area contributed by atoms with Gasteiger partial charge >= 0.3 is 0 Å². The van der Waals surface area contributed by atoms with E-state index in [1.165, 1.54) is 18.3 Å². The number of hydrogen-bond acceptors (Lipinski definition) is 5. The molecule has 3 N–H and O–H groups in total. The number of nitrogens with zero attached hydrogens (tertiary/aromatic N) is 2. The Morgan fingerprint density at radius 3 is 2.61 bits per heavy atom. The molecule has 18 heavy (non-hydrogen) atoms. The van der Waals surface area contributed by atoms with Crippen molar-refractivity contribution in [2.75, 3.05) is 10.5 Å². The van der Waals surface area contributed by atoms with Gasteiger partial charge < -0.3 is 5.73 Å². The van der Waals surface area contributed by atoms with E-state index in [4.69, 9.17) is 5.73 Å². The molecule has 2 aromatic heterocycles. The fourth-order valence-electron chi connectivity index (χ4n) is 1.24. The van der Waals surface area contributed by atoms with Crippen LogP contribution in [0.3, 0.4) is 0 Å². The summed E-state index contributed by atoms with van der Waals surface area (Å²) in [7, 11) is -3.88. The van der Waals surface area contributed by atoms with E-state index >= 15 is 0 Å². The maximum absolute atomic E-state index is 12.6. The molecule has 0 saturated heterocycles. The largest absolute Gasteiger partial charge is 0.398 e. The molecule has 2 rings (SSSR count). The van der Waals surface area contributed by atoms with Gasteiger partial charge in [-0.1, -0.05) is 0 Å². The Labute approximate surface area is 103 Å². The van der Waals surface area contributed by atoms with Crippen LogP contribution in [0, 0.1) is 5.82 Å². The molecule has 0 radical (unpaired) electrons. The lowest BCUT2D eigenvalue weighted by atomic mass is 10.4. The second-order valence-electron chi connectivity index (χ2n) is 3.38. The molecule has 0 amide bonds.